The van der Waals surface area contributed by atoms with Crippen LogP contribution in [-0.2, 0) is 0 Å². The predicted octanol–water partition coefficient (Wildman–Crippen LogP) is 0.439. The van der Waals surface area contributed by atoms with E-state index in [9.17, 15) is 0 Å². The Labute approximate surface area is 50.0 Å². The van der Waals surface area contributed by atoms with Crippen LogP contribution in [0.5, 0.6) is 0 Å². The topological polar surface area (TPSA) is 24.4 Å². The van der Waals surface area contributed by atoms with Crippen LogP contribution in [-0.4, -0.2) is 25.8 Å². The molecule has 1 aliphatic heterocycles. The van der Waals surface area contributed by atoms with E-state index in [1.807, 2.05) is 13.3 Å². The molecular weight excluding hydrogens is 100 g/mol. The predicted molar refractivity (Wildman–Crippen MR) is 35.4 cm³/mol. The Morgan fingerprint density at radius 1 is 1.75 bits per heavy atom. The maximum Gasteiger partial charge on any atom is 0.0420 e. The second-order valence-electron chi connectivity index (χ2n) is 2.11. The summed E-state index contributed by atoms with van der Waals surface area (Å²) in [4.78, 5) is 3.93. The van der Waals surface area contributed by atoms with Gasteiger partial charge in [0.2, 0.25) is 0 Å². The maximum atomic E-state index is 3.93. The fraction of sp³-hybridized carbons (Fsp3) is 0.833. The van der Waals surface area contributed by atoms with Crippen LogP contribution in [0.1, 0.15) is 12.8 Å². The quantitative estimate of drug-likeness (QED) is 0.489. The van der Waals surface area contributed by atoms with E-state index >= 15 is 0 Å². The smallest absolute Gasteiger partial charge is 0.0420 e. The van der Waals surface area contributed by atoms with Crippen LogP contribution in [0.15, 0.2) is 4.99 Å². The Bertz CT molecular complexity index is 82.5. The van der Waals surface area contributed by atoms with Crippen molar-refractivity contribution >= 4 is 6.21 Å². The summed E-state index contributed by atoms with van der Waals surface area (Å²) < 4.78 is 0. The SMILES string of the molecule is C/N=C/C1CCCN1. The molecule has 46 valence electrons. The summed E-state index contributed by atoms with van der Waals surface area (Å²) in [5, 5.41) is 3.31. The first kappa shape index (κ1) is 5.76. The van der Waals surface area contributed by atoms with Crippen LogP contribution in [0.25, 0.3) is 0 Å². The van der Waals surface area contributed by atoms with E-state index < -0.39 is 0 Å². The van der Waals surface area contributed by atoms with Crippen molar-refractivity contribution in [1.82, 2.24) is 5.32 Å². The van der Waals surface area contributed by atoms with Gasteiger partial charge in [0.05, 0.1) is 0 Å². The summed E-state index contributed by atoms with van der Waals surface area (Å²) in [5.74, 6) is 0. The van der Waals surface area contributed by atoms with Gasteiger partial charge in [0.1, 0.15) is 0 Å². The molecule has 2 nitrogen and oxygen atoms in total. The zero-order valence-corrected chi connectivity index (χ0v) is 5.22. The summed E-state index contributed by atoms with van der Waals surface area (Å²) in [6, 6.07) is 0.569. The fourth-order valence-electron chi connectivity index (χ4n) is 1.02. The van der Waals surface area contributed by atoms with Gasteiger partial charge >= 0.3 is 0 Å². The van der Waals surface area contributed by atoms with E-state index in [-0.39, 0.29) is 0 Å². The molecule has 0 aromatic heterocycles. The van der Waals surface area contributed by atoms with E-state index in [2.05, 4.69) is 10.3 Å². The largest absolute Gasteiger partial charge is 0.309 e. The Morgan fingerprint density at radius 2 is 2.62 bits per heavy atom. The minimum absolute atomic E-state index is 0.569. The first-order valence-electron chi connectivity index (χ1n) is 3.09. The molecule has 2 heteroatoms. The Balaban J connectivity index is 2.24. The molecule has 0 amide bonds. The van der Waals surface area contributed by atoms with Gasteiger partial charge in [-0.3, -0.25) is 4.99 Å². The highest BCUT2D eigenvalue weighted by molar-refractivity contribution is 5.64. The lowest BCUT2D eigenvalue weighted by Crippen LogP contribution is -2.22. The van der Waals surface area contributed by atoms with Gasteiger partial charge in [-0.1, -0.05) is 0 Å². The Morgan fingerprint density at radius 3 is 3.12 bits per heavy atom. The van der Waals surface area contributed by atoms with Gasteiger partial charge in [0, 0.05) is 19.3 Å². The van der Waals surface area contributed by atoms with Crippen molar-refractivity contribution in [2.24, 2.45) is 4.99 Å². The van der Waals surface area contributed by atoms with Crippen molar-refractivity contribution in [3.05, 3.63) is 0 Å². The van der Waals surface area contributed by atoms with Gasteiger partial charge in [-0.25, -0.2) is 0 Å². The minimum Gasteiger partial charge on any atom is -0.309 e. The van der Waals surface area contributed by atoms with Crippen LogP contribution in [0.2, 0.25) is 0 Å². The van der Waals surface area contributed by atoms with Gasteiger partial charge in [-0.05, 0) is 19.4 Å². The van der Waals surface area contributed by atoms with E-state index in [0.29, 0.717) is 6.04 Å². The van der Waals surface area contributed by atoms with Crippen LogP contribution in [0.3, 0.4) is 0 Å². The molecule has 1 unspecified atom stereocenters. The standard InChI is InChI=1S/C6H12N2/c1-7-5-6-3-2-4-8-6/h5-6,8H,2-4H2,1H3/b7-5+. The van der Waals surface area contributed by atoms with Gasteiger partial charge in [-0.2, -0.15) is 0 Å². The number of aliphatic imine (C=N–C) groups is 1. The lowest BCUT2D eigenvalue weighted by Gasteiger charge is -1.98. The maximum absolute atomic E-state index is 3.93. The van der Waals surface area contributed by atoms with Crippen LogP contribution < -0.4 is 5.32 Å². The molecule has 1 heterocycles. The summed E-state index contributed by atoms with van der Waals surface area (Å²) in [6.07, 6.45) is 4.54. The molecule has 0 bridgehead atoms. The molecule has 1 atom stereocenters. The van der Waals surface area contributed by atoms with Crippen LogP contribution in [0.4, 0.5) is 0 Å². The highest BCUT2D eigenvalue weighted by Gasteiger charge is 2.09. The summed E-state index contributed by atoms with van der Waals surface area (Å²) in [6.45, 7) is 1.16. The molecule has 0 spiro atoms. The first-order valence-corrected chi connectivity index (χ1v) is 3.09. The molecule has 1 N–H and O–H groups in total. The van der Waals surface area contributed by atoms with E-state index in [1.54, 1.807) is 0 Å². The van der Waals surface area contributed by atoms with Gasteiger partial charge in [-0.15, -0.1) is 0 Å². The molecule has 1 saturated heterocycles. The van der Waals surface area contributed by atoms with Crippen LogP contribution >= 0.6 is 0 Å². The normalized spacial score (nSPS) is 29.9. The van der Waals surface area contributed by atoms with Crippen molar-refractivity contribution in [2.45, 2.75) is 18.9 Å². The molecule has 1 rings (SSSR count). The average Bonchev–Trinajstić information content (AvgIpc) is 2.19. The van der Waals surface area contributed by atoms with Crippen molar-refractivity contribution in [3.8, 4) is 0 Å². The number of nitrogens with one attached hydrogen (secondary N) is 1. The minimum atomic E-state index is 0.569. The lowest BCUT2D eigenvalue weighted by molar-refractivity contribution is 0.773. The molecule has 0 radical (unpaired) electrons. The van der Waals surface area contributed by atoms with Crippen molar-refractivity contribution in [3.63, 3.8) is 0 Å². The van der Waals surface area contributed by atoms with E-state index in [0.717, 1.165) is 6.54 Å². The third-order valence-corrected chi connectivity index (χ3v) is 1.43. The molecule has 0 aromatic rings. The molecular formula is C6H12N2. The molecule has 0 aromatic carbocycles. The number of hydrogen-bond donors (Lipinski definition) is 1. The Hall–Kier alpha value is -0.370. The van der Waals surface area contributed by atoms with Gasteiger partial charge in [0.25, 0.3) is 0 Å². The monoisotopic (exact) mass is 112 g/mol. The fourth-order valence-corrected chi connectivity index (χ4v) is 1.02. The van der Waals surface area contributed by atoms with Crippen LogP contribution in [0, 0.1) is 0 Å². The molecule has 0 saturated carbocycles. The van der Waals surface area contributed by atoms with Crippen molar-refractivity contribution < 1.29 is 0 Å². The number of hydrogen-bond acceptors (Lipinski definition) is 2. The second-order valence-corrected chi connectivity index (χ2v) is 2.11. The molecule has 0 aliphatic carbocycles. The summed E-state index contributed by atoms with van der Waals surface area (Å²) in [5.41, 5.74) is 0. The highest BCUT2D eigenvalue weighted by Crippen LogP contribution is 2.01. The molecule has 8 heavy (non-hydrogen) atoms. The van der Waals surface area contributed by atoms with Gasteiger partial charge in [0.15, 0.2) is 0 Å². The average molecular weight is 112 g/mol. The summed E-state index contributed by atoms with van der Waals surface area (Å²) in [7, 11) is 1.82. The zero-order valence-electron chi connectivity index (χ0n) is 5.22. The van der Waals surface area contributed by atoms with E-state index in [1.165, 1.54) is 12.8 Å². The number of nitrogens with zero attached hydrogens (tertiary/aromatic N) is 1. The third-order valence-electron chi connectivity index (χ3n) is 1.43. The highest BCUT2D eigenvalue weighted by atomic mass is 14.9. The third kappa shape index (κ3) is 1.30. The van der Waals surface area contributed by atoms with Gasteiger partial charge < -0.3 is 5.32 Å². The van der Waals surface area contributed by atoms with E-state index in [4.69, 9.17) is 0 Å². The first-order chi connectivity index (χ1) is 3.93. The Kier molecular flexibility index (Phi) is 2.03. The number of rotatable bonds is 1. The molecule has 1 fully saturated rings. The zero-order chi connectivity index (χ0) is 5.82. The van der Waals surface area contributed by atoms with Crippen molar-refractivity contribution in [2.75, 3.05) is 13.6 Å². The molecule has 1 aliphatic rings. The lowest BCUT2D eigenvalue weighted by atomic mass is 10.2. The van der Waals surface area contributed by atoms with Crippen molar-refractivity contribution in [1.29, 1.82) is 0 Å². The summed E-state index contributed by atoms with van der Waals surface area (Å²) >= 11 is 0. The second kappa shape index (κ2) is 2.82.